The van der Waals surface area contributed by atoms with Crippen LogP contribution in [0.25, 0.3) is 0 Å². The Morgan fingerprint density at radius 1 is 1.47 bits per heavy atom. The smallest absolute Gasteiger partial charge is 0.221 e. The second-order valence-corrected chi connectivity index (χ2v) is 4.04. The first-order valence-electron chi connectivity index (χ1n) is 5.14. The molecule has 0 aliphatic rings. The number of aromatic nitrogens is 3. The van der Waals surface area contributed by atoms with Crippen LogP contribution in [0.1, 0.15) is 11.4 Å². The molecule has 0 atom stereocenters. The lowest BCUT2D eigenvalue weighted by Gasteiger charge is -2.06. The third-order valence-corrected chi connectivity index (χ3v) is 2.60. The molecule has 17 heavy (non-hydrogen) atoms. The molecule has 5 nitrogen and oxygen atoms in total. The van der Waals surface area contributed by atoms with E-state index < -0.39 is 0 Å². The maximum atomic E-state index is 5.92. The highest BCUT2D eigenvalue weighted by Crippen LogP contribution is 2.23. The van der Waals surface area contributed by atoms with E-state index in [0.29, 0.717) is 22.5 Å². The summed E-state index contributed by atoms with van der Waals surface area (Å²) in [6.07, 6.45) is 0. The Kier molecular flexibility index (Phi) is 3.31. The lowest BCUT2D eigenvalue weighted by atomic mass is 10.3. The Morgan fingerprint density at radius 3 is 2.82 bits per heavy atom. The van der Waals surface area contributed by atoms with E-state index in [1.807, 2.05) is 20.0 Å². The van der Waals surface area contributed by atoms with E-state index in [4.69, 9.17) is 22.1 Å². The average molecular weight is 253 g/mol. The maximum absolute atomic E-state index is 5.92. The molecule has 2 aromatic heterocycles. The Hall–Kier alpha value is -1.59. The Morgan fingerprint density at radius 2 is 2.24 bits per heavy atom. The fourth-order valence-electron chi connectivity index (χ4n) is 1.45. The number of nitrogens with two attached hydrogens (primary N) is 1. The maximum Gasteiger partial charge on any atom is 0.221 e. The van der Waals surface area contributed by atoms with Gasteiger partial charge in [-0.05, 0) is 13.0 Å². The molecule has 2 heterocycles. The minimum absolute atomic E-state index is 0.278. The van der Waals surface area contributed by atoms with E-state index in [9.17, 15) is 0 Å². The fourth-order valence-corrected chi connectivity index (χ4v) is 1.64. The van der Waals surface area contributed by atoms with Gasteiger partial charge in [-0.1, -0.05) is 11.6 Å². The first-order valence-corrected chi connectivity index (χ1v) is 5.52. The van der Waals surface area contributed by atoms with E-state index in [1.165, 1.54) is 0 Å². The summed E-state index contributed by atoms with van der Waals surface area (Å²) in [6, 6.07) is 5.25. The van der Waals surface area contributed by atoms with Gasteiger partial charge in [-0.3, -0.25) is 0 Å². The number of nitrogens with zero attached hydrogens (tertiary/aromatic N) is 3. The van der Waals surface area contributed by atoms with Crippen molar-refractivity contribution in [2.45, 2.75) is 13.5 Å². The average Bonchev–Trinajstić information content (AvgIpc) is 2.60. The molecule has 0 aliphatic carbocycles. The second-order valence-electron chi connectivity index (χ2n) is 3.63. The van der Waals surface area contributed by atoms with Gasteiger partial charge in [0.2, 0.25) is 11.8 Å². The Bertz CT molecular complexity index is 538. The zero-order valence-electron chi connectivity index (χ0n) is 9.64. The van der Waals surface area contributed by atoms with E-state index in [2.05, 4.69) is 10.1 Å². The van der Waals surface area contributed by atoms with Crippen molar-refractivity contribution in [3.63, 3.8) is 0 Å². The van der Waals surface area contributed by atoms with Crippen LogP contribution >= 0.6 is 11.6 Å². The molecule has 0 fully saturated rings. The minimum atomic E-state index is 0.278. The zero-order valence-corrected chi connectivity index (χ0v) is 10.4. The number of rotatable bonds is 3. The number of aryl methyl sites for hydroxylation is 2. The van der Waals surface area contributed by atoms with Crippen LogP contribution in [0, 0.1) is 6.92 Å². The van der Waals surface area contributed by atoms with Gasteiger partial charge in [0.1, 0.15) is 0 Å². The molecule has 0 spiro atoms. The number of hydrogen-bond acceptors (Lipinski definition) is 4. The van der Waals surface area contributed by atoms with Gasteiger partial charge in [0, 0.05) is 25.7 Å². The van der Waals surface area contributed by atoms with Gasteiger partial charge < -0.3 is 10.5 Å². The predicted octanol–water partition coefficient (Wildman–Crippen LogP) is 2.03. The minimum Gasteiger partial charge on any atom is -0.421 e. The molecule has 6 heteroatoms. The first-order chi connectivity index (χ1) is 8.10. The number of ether oxygens (including phenoxy) is 1. The van der Waals surface area contributed by atoms with Crippen molar-refractivity contribution in [1.29, 1.82) is 0 Å². The van der Waals surface area contributed by atoms with Gasteiger partial charge >= 0.3 is 0 Å². The molecule has 2 aromatic rings. The molecule has 0 bridgehead atoms. The quantitative estimate of drug-likeness (QED) is 0.908. The number of pyridine rings is 1. The van der Waals surface area contributed by atoms with E-state index in [1.54, 1.807) is 16.8 Å². The molecule has 0 amide bonds. The van der Waals surface area contributed by atoms with Crippen molar-refractivity contribution in [2.24, 2.45) is 12.8 Å². The van der Waals surface area contributed by atoms with E-state index in [0.717, 1.165) is 5.69 Å². The summed E-state index contributed by atoms with van der Waals surface area (Å²) in [5.74, 6) is 1.08. The highest BCUT2D eigenvalue weighted by molar-refractivity contribution is 6.31. The lowest BCUT2D eigenvalue weighted by molar-refractivity contribution is 0.414. The summed E-state index contributed by atoms with van der Waals surface area (Å²) >= 11 is 5.92. The van der Waals surface area contributed by atoms with E-state index in [-0.39, 0.29) is 6.54 Å². The van der Waals surface area contributed by atoms with Crippen LogP contribution in [-0.2, 0) is 13.6 Å². The van der Waals surface area contributed by atoms with Crippen LogP contribution in [0.15, 0.2) is 18.2 Å². The van der Waals surface area contributed by atoms with Crippen molar-refractivity contribution >= 4 is 11.6 Å². The van der Waals surface area contributed by atoms with Crippen molar-refractivity contribution in [3.8, 4) is 11.8 Å². The van der Waals surface area contributed by atoms with Crippen LogP contribution in [0.5, 0.6) is 11.8 Å². The molecule has 90 valence electrons. The molecule has 0 saturated carbocycles. The summed E-state index contributed by atoms with van der Waals surface area (Å²) in [5.41, 5.74) is 7.03. The largest absolute Gasteiger partial charge is 0.421 e. The highest BCUT2D eigenvalue weighted by Gasteiger charge is 2.07. The predicted molar refractivity (Wildman–Crippen MR) is 65.2 cm³/mol. The van der Waals surface area contributed by atoms with Gasteiger partial charge in [0.15, 0.2) is 0 Å². The molecule has 0 unspecified atom stereocenters. The van der Waals surface area contributed by atoms with Gasteiger partial charge in [0.05, 0.1) is 16.4 Å². The third kappa shape index (κ3) is 2.57. The molecular weight excluding hydrogens is 240 g/mol. The van der Waals surface area contributed by atoms with Crippen molar-refractivity contribution in [2.75, 3.05) is 0 Å². The lowest BCUT2D eigenvalue weighted by Crippen LogP contribution is -2.02. The number of hydrogen-bond donors (Lipinski definition) is 1. The fraction of sp³-hybridized carbons (Fsp3) is 0.273. The van der Waals surface area contributed by atoms with Crippen LogP contribution in [0.4, 0.5) is 0 Å². The molecule has 0 saturated heterocycles. The number of halogens is 1. The van der Waals surface area contributed by atoms with Gasteiger partial charge in [-0.2, -0.15) is 5.10 Å². The molecule has 2 N–H and O–H groups in total. The molecule has 0 aliphatic heterocycles. The van der Waals surface area contributed by atoms with Crippen molar-refractivity contribution in [1.82, 2.24) is 14.8 Å². The monoisotopic (exact) mass is 252 g/mol. The Balaban J connectivity index is 2.27. The van der Waals surface area contributed by atoms with Gasteiger partial charge in [-0.25, -0.2) is 9.67 Å². The molecule has 2 rings (SSSR count). The zero-order chi connectivity index (χ0) is 12.4. The normalized spacial score (nSPS) is 10.6. The topological polar surface area (TPSA) is 66.0 Å². The summed E-state index contributed by atoms with van der Waals surface area (Å²) in [5, 5.41) is 4.72. The van der Waals surface area contributed by atoms with Crippen LogP contribution < -0.4 is 10.5 Å². The van der Waals surface area contributed by atoms with E-state index >= 15 is 0 Å². The molecular formula is C11H13ClN4O. The molecule has 0 aromatic carbocycles. The summed E-state index contributed by atoms with van der Waals surface area (Å²) in [6.45, 7) is 2.17. The van der Waals surface area contributed by atoms with Crippen molar-refractivity contribution < 1.29 is 4.74 Å². The summed E-state index contributed by atoms with van der Waals surface area (Å²) < 4.78 is 7.25. The van der Waals surface area contributed by atoms with Crippen molar-refractivity contribution in [3.05, 3.63) is 34.6 Å². The summed E-state index contributed by atoms with van der Waals surface area (Å²) in [7, 11) is 1.81. The summed E-state index contributed by atoms with van der Waals surface area (Å²) in [4.78, 5) is 4.22. The molecule has 0 radical (unpaired) electrons. The first kappa shape index (κ1) is 11.9. The van der Waals surface area contributed by atoms with Crippen LogP contribution in [0.2, 0.25) is 5.02 Å². The van der Waals surface area contributed by atoms with Crippen LogP contribution in [-0.4, -0.2) is 14.8 Å². The highest BCUT2D eigenvalue weighted by atomic mass is 35.5. The Labute approximate surface area is 104 Å². The SMILES string of the molecule is Cc1cc(Oc2ccc(Cl)c(CN)n2)n(C)n1. The second kappa shape index (κ2) is 4.73. The third-order valence-electron chi connectivity index (χ3n) is 2.25. The van der Waals surface area contributed by atoms with Gasteiger partial charge in [-0.15, -0.1) is 0 Å². The van der Waals surface area contributed by atoms with Crippen LogP contribution in [0.3, 0.4) is 0 Å². The van der Waals surface area contributed by atoms with Gasteiger partial charge in [0.25, 0.3) is 0 Å². The standard InChI is InChI=1S/C11H13ClN4O/c1-7-5-11(16(2)15-7)17-10-4-3-8(12)9(6-13)14-10/h3-5H,6,13H2,1-2H3.